The summed E-state index contributed by atoms with van der Waals surface area (Å²) in [7, 11) is 1.38. The SMILES string of the molecule is COc1ccc(-c2noc(C3CCC(=O)N3Cc3ccccc3F)n2)cc1F. The maximum Gasteiger partial charge on any atom is 0.249 e. The Morgan fingerprint density at radius 2 is 2.04 bits per heavy atom. The van der Waals surface area contributed by atoms with Crippen LogP contribution in [0.25, 0.3) is 11.4 Å². The first-order valence-corrected chi connectivity index (χ1v) is 8.77. The van der Waals surface area contributed by atoms with Gasteiger partial charge in [-0.3, -0.25) is 4.79 Å². The van der Waals surface area contributed by atoms with Crippen molar-refractivity contribution in [3.63, 3.8) is 0 Å². The van der Waals surface area contributed by atoms with Crippen molar-refractivity contribution in [2.75, 3.05) is 7.11 Å². The molecule has 0 N–H and O–H groups in total. The van der Waals surface area contributed by atoms with Crippen molar-refractivity contribution < 1.29 is 22.8 Å². The van der Waals surface area contributed by atoms with E-state index in [1.54, 1.807) is 24.3 Å². The van der Waals surface area contributed by atoms with E-state index in [-0.39, 0.29) is 35.7 Å². The second-order valence-electron chi connectivity index (χ2n) is 6.47. The Kier molecular flexibility index (Phi) is 4.77. The van der Waals surface area contributed by atoms with E-state index in [9.17, 15) is 13.6 Å². The van der Waals surface area contributed by atoms with Crippen LogP contribution in [-0.4, -0.2) is 28.1 Å². The third-order valence-electron chi connectivity index (χ3n) is 4.76. The van der Waals surface area contributed by atoms with Crippen LogP contribution in [0.3, 0.4) is 0 Å². The molecule has 1 aliphatic rings. The quantitative estimate of drug-likeness (QED) is 0.667. The summed E-state index contributed by atoms with van der Waals surface area (Å²) in [4.78, 5) is 18.2. The molecule has 0 radical (unpaired) electrons. The van der Waals surface area contributed by atoms with Gasteiger partial charge in [0, 0.05) is 24.1 Å². The maximum atomic E-state index is 14.0. The standard InChI is InChI=1S/C20H17F2N3O3/c1-27-17-8-6-12(10-15(17)22)19-23-20(28-24-19)16-7-9-18(26)25(16)11-13-4-2-3-5-14(13)21/h2-6,8,10,16H,7,9,11H2,1H3. The number of amides is 1. The lowest BCUT2D eigenvalue weighted by Gasteiger charge is -2.22. The lowest BCUT2D eigenvalue weighted by atomic mass is 10.1. The summed E-state index contributed by atoms with van der Waals surface area (Å²) < 4.78 is 38.2. The van der Waals surface area contributed by atoms with Crippen molar-refractivity contribution in [1.29, 1.82) is 0 Å². The van der Waals surface area contributed by atoms with Crippen molar-refractivity contribution in [2.24, 2.45) is 0 Å². The predicted octanol–water partition coefficient (Wildman–Crippen LogP) is 3.89. The highest BCUT2D eigenvalue weighted by atomic mass is 19.1. The van der Waals surface area contributed by atoms with E-state index in [1.807, 2.05) is 0 Å². The number of methoxy groups -OCH3 is 1. The van der Waals surface area contributed by atoms with Gasteiger partial charge in [0.1, 0.15) is 11.9 Å². The molecule has 2 aromatic carbocycles. The van der Waals surface area contributed by atoms with Gasteiger partial charge in [-0.25, -0.2) is 8.78 Å². The zero-order valence-corrected chi connectivity index (χ0v) is 15.1. The molecule has 0 bridgehead atoms. The topological polar surface area (TPSA) is 68.5 Å². The molecule has 0 spiro atoms. The van der Waals surface area contributed by atoms with E-state index in [0.29, 0.717) is 24.0 Å². The van der Waals surface area contributed by atoms with Crippen molar-refractivity contribution in [2.45, 2.75) is 25.4 Å². The first kappa shape index (κ1) is 18.1. The molecule has 1 aliphatic heterocycles. The van der Waals surface area contributed by atoms with Crippen LogP contribution in [0, 0.1) is 11.6 Å². The summed E-state index contributed by atoms with van der Waals surface area (Å²) in [6.07, 6.45) is 0.805. The van der Waals surface area contributed by atoms with E-state index in [0.717, 1.165) is 0 Å². The van der Waals surface area contributed by atoms with Crippen LogP contribution < -0.4 is 4.74 Å². The molecule has 2 heterocycles. The number of halogens is 2. The number of rotatable bonds is 5. The van der Waals surface area contributed by atoms with E-state index in [2.05, 4.69) is 10.1 Å². The van der Waals surface area contributed by atoms with Crippen molar-refractivity contribution in [3.05, 3.63) is 65.6 Å². The molecule has 3 aromatic rings. The van der Waals surface area contributed by atoms with Gasteiger partial charge in [-0.2, -0.15) is 4.98 Å². The second-order valence-corrected chi connectivity index (χ2v) is 6.47. The van der Waals surface area contributed by atoms with E-state index in [4.69, 9.17) is 9.26 Å². The summed E-state index contributed by atoms with van der Waals surface area (Å²) >= 11 is 0. The summed E-state index contributed by atoms with van der Waals surface area (Å²) in [5.74, 6) is -0.451. The molecule has 0 aliphatic carbocycles. The normalized spacial score (nSPS) is 16.6. The largest absolute Gasteiger partial charge is 0.494 e. The fraction of sp³-hybridized carbons (Fsp3) is 0.250. The zero-order valence-electron chi connectivity index (χ0n) is 15.1. The smallest absolute Gasteiger partial charge is 0.249 e. The molecule has 8 heteroatoms. The van der Waals surface area contributed by atoms with Crippen LogP contribution in [-0.2, 0) is 11.3 Å². The Bertz CT molecular complexity index is 1020. The van der Waals surface area contributed by atoms with E-state index < -0.39 is 11.9 Å². The Balaban J connectivity index is 1.59. The van der Waals surface area contributed by atoms with Crippen molar-refractivity contribution in [3.8, 4) is 17.1 Å². The minimum Gasteiger partial charge on any atom is -0.494 e. The lowest BCUT2D eigenvalue weighted by Crippen LogP contribution is -2.27. The number of likely N-dealkylation sites (tertiary alicyclic amines) is 1. The van der Waals surface area contributed by atoms with Crippen LogP contribution >= 0.6 is 0 Å². The van der Waals surface area contributed by atoms with Crippen LogP contribution in [0.15, 0.2) is 47.0 Å². The Labute approximate surface area is 159 Å². The minimum absolute atomic E-state index is 0.108. The summed E-state index contributed by atoms with van der Waals surface area (Å²) in [5.41, 5.74) is 0.845. The Morgan fingerprint density at radius 1 is 1.21 bits per heavy atom. The van der Waals surface area contributed by atoms with E-state index in [1.165, 1.54) is 30.2 Å². The Morgan fingerprint density at radius 3 is 2.79 bits per heavy atom. The number of benzene rings is 2. The zero-order chi connectivity index (χ0) is 19.7. The van der Waals surface area contributed by atoms with Gasteiger partial charge < -0.3 is 14.2 Å². The minimum atomic E-state index is -0.538. The van der Waals surface area contributed by atoms with Crippen molar-refractivity contribution >= 4 is 5.91 Å². The molecule has 1 saturated heterocycles. The molecular formula is C20H17F2N3O3. The van der Waals surface area contributed by atoms with Gasteiger partial charge in [0.25, 0.3) is 0 Å². The fourth-order valence-corrected chi connectivity index (χ4v) is 3.29. The number of carbonyl (C=O) groups excluding carboxylic acids is 1. The van der Waals surface area contributed by atoms with Gasteiger partial charge in [-0.05, 0) is 30.7 Å². The molecule has 1 fully saturated rings. The molecule has 1 aromatic heterocycles. The molecule has 1 unspecified atom stereocenters. The molecular weight excluding hydrogens is 368 g/mol. The third-order valence-corrected chi connectivity index (χ3v) is 4.76. The highest BCUT2D eigenvalue weighted by Crippen LogP contribution is 2.34. The average molecular weight is 385 g/mol. The van der Waals surface area contributed by atoms with Crippen molar-refractivity contribution in [1.82, 2.24) is 15.0 Å². The number of carbonyl (C=O) groups is 1. The number of nitrogens with zero attached hydrogens (tertiary/aromatic N) is 3. The molecule has 1 atom stereocenters. The average Bonchev–Trinajstić information content (AvgIpc) is 3.31. The number of ether oxygens (including phenoxy) is 1. The highest BCUT2D eigenvalue weighted by Gasteiger charge is 2.36. The van der Waals surface area contributed by atoms with E-state index >= 15 is 0 Å². The van der Waals surface area contributed by atoms with Crippen LogP contribution in [0.5, 0.6) is 5.75 Å². The Hall–Kier alpha value is -3.29. The monoisotopic (exact) mass is 385 g/mol. The molecule has 0 saturated carbocycles. The van der Waals surface area contributed by atoms with Gasteiger partial charge >= 0.3 is 0 Å². The molecule has 4 rings (SSSR count). The third kappa shape index (κ3) is 3.33. The summed E-state index contributed by atoms with van der Waals surface area (Å²) in [6, 6.07) is 10.2. The van der Waals surface area contributed by atoms with Gasteiger partial charge in [0.05, 0.1) is 7.11 Å². The first-order chi connectivity index (χ1) is 13.6. The maximum absolute atomic E-state index is 14.0. The first-order valence-electron chi connectivity index (χ1n) is 8.77. The number of hydrogen-bond acceptors (Lipinski definition) is 5. The summed E-state index contributed by atoms with van der Waals surface area (Å²) in [5, 5.41) is 3.91. The van der Waals surface area contributed by atoms with Gasteiger partial charge in [0.15, 0.2) is 11.6 Å². The van der Waals surface area contributed by atoms with Crippen LogP contribution in [0.1, 0.15) is 30.3 Å². The predicted molar refractivity (Wildman–Crippen MR) is 95.2 cm³/mol. The van der Waals surface area contributed by atoms with Crippen LogP contribution in [0.2, 0.25) is 0 Å². The number of aromatic nitrogens is 2. The lowest BCUT2D eigenvalue weighted by molar-refractivity contribution is -0.130. The number of hydrogen-bond donors (Lipinski definition) is 0. The molecule has 28 heavy (non-hydrogen) atoms. The fourth-order valence-electron chi connectivity index (χ4n) is 3.29. The summed E-state index contributed by atoms with van der Waals surface area (Å²) in [6.45, 7) is 0.116. The molecule has 6 nitrogen and oxygen atoms in total. The van der Waals surface area contributed by atoms with Gasteiger partial charge in [0.2, 0.25) is 17.6 Å². The van der Waals surface area contributed by atoms with Gasteiger partial charge in [-0.15, -0.1) is 0 Å². The van der Waals surface area contributed by atoms with Gasteiger partial charge in [-0.1, -0.05) is 23.4 Å². The van der Waals surface area contributed by atoms with Crippen LogP contribution in [0.4, 0.5) is 8.78 Å². The highest BCUT2D eigenvalue weighted by molar-refractivity contribution is 5.78. The second kappa shape index (κ2) is 7.38. The molecule has 1 amide bonds. The molecule has 144 valence electrons.